The molecule has 1 N–H and O–H groups in total. The molecule has 0 aliphatic rings. The smallest absolute Gasteiger partial charge is 0.260 e. The van der Waals surface area contributed by atoms with Gasteiger partial charge in [-0.25, -0.2) is 0 Å². The van der Waals surface area contributed by atoms with Crippen molar-refractivity contribution >= 4 is 40.6 Å². The third-order valence-electron chi connectivity index (χ3n) is 3.99. The maximum absolute atomic E-state index is 13.1. The molecule has 0 spiro atoms. The van der Waals surface area contributed by atoms with Gasteiger partial charge in [0, 0.05) is 23.2 Å². The van der Waals surface area contributed by atoms with Crippen molar-refractivity contribution in [2.24, 2.45) is 0 Å². The van der Waals surface area contributed by atoms with E-state index in [2.05, 4.69) is 5.32 Å². The Hall–Kier alpha value is -3.18. The Bertz CT molecular complexity index is 934. The van der Waals surface area contributed by atoms with Crippen molar-refractivity contribution in [3.05, 3.63) is 88.6 Å². The lowest BCUT2D eigenvalue weighted by molar-refractivity contribution is -0.111. The highest BCUT2D eigenvalue weighted by molar-refractivity contribution is 7.10. The van der Waals surface area contributed by atoms with E-state index < -0.39 is 0 Å². The van der Waals surface area contributed by atoms with Crippen molar-refractivity contribution in [2.75, 3.05) is 16.8 Å². The first-order valence-corrected chi connectivity index (χ1v) is 9.55. The molecule has 0 fully saturated rings. The van der Waals surface area contributed by atoms with E-state index >= 15 is 0 Å². The first-order chi connectivity index (χ1) is 13.2. The van der Waals surface area contributed by atoms with Gasteiger partial charge in [-0.2, -0.15) is 0 Å². The second-order valence-corrected chi connectivity index (χ2v) is 6.75. The second kappa shape index (κ2) is 8.96. The summed E-state index contributed by atoms with van der Waals surface area (Å²) >= 11 is 1.56. The molecule has 0 radical (unpaired) electrons. The lowest BCUT2D eigenvalue weighted by Gasteiger charge is -2.22. The first-order valence-electron chi connectivity index (χ1n) is 8.67. The molecule has 3 aromatic rings. The van der Waals surface area contributed by atoms with Gasteiger partial charge in [-0.15, -0.1) is 11.3 Å². The topological polar surface area (TPSA) is 49.4 Å². The second-order valence-electron chi connectivity index (χ2n) is 5.77. The third kappa shape index (κ3) is 4.71. The van der Waals surface area contributed by atoms with Crippen LogP contribution in [-0.2, 0) is 4.79 Å². The number of hydrogen-bond donors (Lipinski definition) is 1. The Morgan fingerprint density at radius 1 is 1.00 bits per heavy atom. The van der Waals surface area contributed by atoms with E-state index in [9.17, 15) is 9.59 Å². The average Bonchev–Trinajstić information content (AvgIpc) is 3.22. The first kappa shape index (κ1) is 18.6. The van der Waals surface area contributed by atoms with Gasteiger partial charge in [-0.3, -0.25) is 9.59 Å². The number of benzene rings is 2. The molecule has 3 rings (SSSR count). The van der Waals surface area contributed by atoms with E-state index in [4.69, 9.17) is 0 Å². The molecule has 27 heavy (non-hydrogen) atoms. The minimum atomic E-state index is -0.272. The van der Waals surface area contributed by atoms with Gasteiger partial charge in [0.15, 0.2) is 0 Å². The Balaban J connectivity index is 1.80. The molecule has 0 saturated heterocycles. The summed E-state index contributed by atoms with van der Waals surface area (Å²) in [6.45, 7) is 2.46. The van der Waals surface area contributed by atoms with Gasteiger partial charge in [0.1, 0.15) is 0 Å². The van der Waals surface area contributed by atoms with Crippen LogP contribution in [0.25, 0.3) is 6.08 Å². The number of carbonyl (C=O) groups excluding carboxylic acids is 2. The standard InChI is InChI=1S/C22H20N2O2S/c1-2-24(17-9-4-3-5-10-17)22(26)19-12-6-7-13-20(19)23-21(25)15-14-18-11-8-16-27-18/h3-16H,2H2,1H3,(H,23,25)/b15-14+. The maximum atomic E-state index is 13.1. The maximum Gasteiger partial charge on any atom is 0.260 e. The van der Waals surface area contributed by atoms with Crippen LogP contribution in [0.3, 0.4) is 0 Å². The number of carbonyl (C=O) groups is 2. The summed E-state index contributed by atoms with van der Waals surface area (Å²) in [7, 11) is 0. The molecular formula is C22H20N2O2S. The number of thiophene rings is 1. The van der Waals surface area contributed by atoms with E-state index in [0.29, 0.717) is 17.8 Å². The van der Waals surface area contributed by atoms with Gasteiger partial charge >= 0.3 is 0 Å². The monoisotopic (exact) mass is 376 g/mol. The largest absolute Gasteiger partial charge is 0.322 e. The summed E-state index contributed by atoms with van der Waals surface area (Å²) in [5, 5.41) is 4.77. The molecular weight excluding hydrogens is 356 g/mol. The van der Waals surface area contributed by atoms with Gasteiger partial charge in [-0.1, -0.05) is 36.4 Å². The Labute approximate surface area is 162 Å². The van der Waals surface area contributed by atoms with E-state index in [1.54, 1.807) is 46.6 Å². The number of nitrogens with one attached hydrogen (secondary N) is 1. The van der Waals surface area contributed by atoms with Crippen molar-refractivity contribution < 1.29 is 9.59 Å². The fraction of sp³-hybridized carbons (Fsp3) is 0.0909. The molecule has 1 heterocycles. The minimum Gasteiger partial charge on any atom is -0.322 e. The molecule has 0 aliphatic heterocycles. The van der Waals surface area contributed by atoms with E-state index in [0.717, 1.165) is 10.6 Å². The van der Waals surface area contributed by atoms with Gasteiger partial charge in [0.2, 0.25) is 5.91 Å². The van der Waals surface area contributed by atoms with Crippen LogP contribution in [0.1, 0.15) is 22.2 Å². The van der Waals surface area contributed by atoms with Crippen LogP contribution in [0.5, 0.6) is 0 Å². The fourth-order valence-electron chi connectivity index (χ4n) is 2.69. The van der Waals surface area contributed by atoms with E-state index in [1.165, 1.54) is 6.08 Å². The van der Waals surface area contributed by atoms with Crippen LogP contribution in [0.15, 0.2) is 78.2 Å². The van der Waals surface area contributed by atoms with Crippen LogP contribution in [0, 0.1) is 0 Å². The SMILES string of the molecule is CCN(C(=O)c1ccccc1NC(=O)/C=C/c1cccs1)c1ccccc1. The van der Waals surface area contributed by atoms with Gasteiger partial charge in [0.25, 0.3) is 5.91 Å². The van der Waals surface area contributed by atoms with Crippen molar-refractivity contribution in [3.63, 3.8) is 0 Å². The normalized spacial score (nSPS) is 10.7. The molecule has 2 amide bonds. The Morgan fingerprint density at radius 3 is 2.44 bits per heavy atom. The molecule has 0 atom stereocenters. The number of nitrogens with zero attached hydrogens (tertiary/aromatic N) is 1. The number of anilines is 2. The Morgan fingerprint density at radius 2 is 1.74 bits per heavy atom. The molecule has 0 unspecified atom stereocenters. The highest BCUT2D eigenvalue weighted by atomic mass is 32.1. The van der Waals surface area contributed by atoms with Crippen molar-refractivity contribution in [1.82, 2.24) is 0 Å². The Kier molecular flexibility index (Phi) is 6.18. The number of amides is 2. The minimum absolute atomic E-state index is 0.151. The summed E-state index contributed by atoms with van der Waals surface area (Å²) in [6, 6.07) is 20.4. The predicted octanol–water partition coefficient (Wildman–Crippen LogP) is 5.07. The molecule has 5 heteroatoms. The van der Waals surface area contributed by atoms with E-state index in [1.807, 2.05) is 54.8 Å². The fourth-order valence-corrected chi connectivity index (χ4v) is 3.31. The van der Waals surface area contributed by atoms with Crippen molar-refractivity contribution in [1.29, 1.82) is 0 Å². The lowest BCUT2D eigenvalue weighted by atomic mass is 10.1. The molecule has 0 saturated carbocycles. The summed E-state index contributed by atoms with van der Waals surface area (Å²) in [6.07, 6.45) is 3.23. The van der Waals surface area contributed by atoms with Crippen LogP contribution >= 0.6 is 11.3 Å². The number of hydrogen-bond acceptors (Lipinski definition) is 3. The summed E-state index contributed by atoms with van der Waals surface area (Å²) in [4.78, 5) is 28.0. The molecule has 0 aliphatic carbocycles. The van der Waals surface area contributed by atoms with Crippen molar-refractivity contribution in [2.45, 2.75) is 6.92 Å². The average molecular weight is 376 g/mol. The molecule has 1 aromatic heterocycles. The summed E-state index contributed by atoms with van der Waals surface area (Å²) < 4.78 is 0. The zero-order valence-corrected chi connectivity index (χ0v) is 15.8. The molecule has 2 aromatic carbocycles. The zero-order valence-electron chi connectivity index (χ0n) is 15.0. The van der Waals surface area contributed by atoms with Gasteiger partial charge < -0.3 is 10.2 Å². The molecule has 4 nitrogen and oxygen atoms in total. The highest BCUT2D eigenvalue weighted by Gasteiger charge is 2.19. The van der Waals surface area contributed by atoms with Gasteiger partial charge in [0.05, 0.1) is 11.3 Å². The van der Waals surface area contributed by atoms with Crippen molar-refractivity contribution in [3.8, 4) is 0 Å². The molecule has 0 bridgehead atoms. The predicted molar refractivity (Wildman–Crippen MR) is 112 cm³/mol. The third-order valence-corrected chi connectivity index (χ3v) is 4.82. The van der Waals surface area contributed by atoms with E-state index in [-0.39, 0.29) is 11.8 Å². The summed E-state index contributed by atoms with van der Waals surface area (Å²) in [5.74, 6) is -0.423. The van der Waals surface area contributed by atoms with Crippen LogP contribution in [0.2, 0.25) is 0 Å². The van der Waals surface area contributed by atoms with Crippen LogP contribution in [-0.4, -0.2) is 18.4 Å². The van der Waals surface area contributed by atoms with Crippen LogP contribution in [0.4, 0.5) is 11.4 Å². The number of rotatable bonds is 6. The van der Waals surface area contributed by atoms with Gasteiger partial charge in [-0.05, 0) is 48.7 Å². The van der Waals surface area contributed by atoms with Crippen LogP contribution < -0.4 is 10.2 Å². The molecule has 136 valence electrons. The highest BCUT2D eigenvalue weighted by Crippen LogP contribution is 2.22. The zero-order chi connectivity index (χ0) is 19.1. The lowest BCUT2D eigenvalue weighted by Crippen LogP contribution is -2.31. The summed E-state index contributed by atoms with van der Waals surface area (Å²) in [5.41, 5.74) is 1.78. The quantitative estimate of drug-likeness (QED) is 0.611. The number of para-hydroxylation sites is 2.